The van der Waals surface area contributed by atoms with E-state index in [9.17, 15) is 9.18 Å². The molecule has 1 aromatic carbocycles. The minimum Gasteiger partial charge on any atom is -0.300 e. The second-order valence-corrected chi connectivity index (χ2v) is 8.35. The Morgan fingerprint density at radius 3 is 2.88 bits per heavy atom. The van der Waals surface area contributed by atoms with Crippen LogP contribution in [0.3, 0.4) is 0 Å². The molecule has 138 valence electrons. The van der Waals surface area contributed by atoms with Gasteiger partial charge < -0.3 is 5.32 Å². The summed E-state index contributed by atoms with van der Waals surface area (Å²) in [5.41, 5.74) is 0.703. The topological polar surface area (TPSA) is 58.1 Å². The fourth-order valence-corrected chi connectivity index (χ4v) is 4.39. The average molecular weight is 393 g/mol. The molecule has 5 nitrogen and oxygen atoms in total. The van der Waals surface area contributed by atoms with Crippen LogP contribution in [-0.4, -0.2) is 39.8 Å². The van der Waals surface area contributed by atoms with Gasteiger partial charge in [0.05, 0.1) is 0 Å². The molecular formula is C18H21FN4OS2. The summed E-state index contributed by atoms with van der Waals surface area (Å²) < 4.78 is 14.6. The van der Waals surface area contributed by atoms with E-state index in [1.807, 2.05) is 12.1 Å². The van der Waals surface area contributed by atoms with Gasteiger partial charge in [0.15, 0.2) is 4.34 Å². The zero-order chi connectivity index (χ0) is 18.4. The first-order valence-corrected chi connectivity index (χ1v) is 10.3. The zero-order valence-corrected chi connectivity index (χ0v) is 16.0. The van der Waals surface area contributed by atoms with Crippen molar-refractivity contribution in [3.8, 4) is 0 Å². The molecule has 1 aromatic heterocycles. The van der Waals surface area contributed by atoms with Crippen molar-refractivity contribution in [2.75, 3.05) is 24.2 Å². The number of nitrogens with zero attached hydrogens (tertiary/aromatic N) is 3. The van der Waals surface area contributed by atoms with Gasteiger partial charge in [-0.15, -0.1) is 16.8 Å². The van der Waals surface area contributed by atoms with Crippen molar-refractivity contribution in [2.24, 2.45) is 5.92 Å². The highest BCUT2D eigenvalue weighted by Gasteiger charge is 2.26. The number of carbonyl (C=O) groups is 1. The predicted octanol–water partition coefficient (Wildman–Crippen LogP) is 3.81. The van der Waals surface area contributed by atoms with E-state index in [1.54, 1.807) is 23.9 Å². The van der Waals surface area contributed by atoms with Crippen molar-refractivity contribution in [3.05, 3.63) is 48.3 Å². The highest BCUT2D eigenvalue weighted by molar-refractivity contribution is 8.01. The maximum Gasteiger partial charge on any atom is 0.229 e. The zero-order valence-electron chi connectivity index (χ0n) is 14.4. The van der Waals surface area contributed by atoms with Gasteiger partial charge in [-0.05, 0) is 32.0 Å². The summed E-state index contributed by atoms with van der Waals surface area (Å²) in [6.07, 6.45) is 3.33. The number of amides is 1. The summed E-state index contributed by atoms with van der Waals surface area (Å²) in [4.78, 5) is 14.6. The maximum atomic E-state index is 13.8. The molecule has 0 spiro atoms. The molecule has 2 heterocycles. The van der Waals surface area contributed by atoms with Gasteiger partial charge >= 0.3 is 0 Å². The predicted molar refractivity (Wildman–Crippen MR) is 104 cm³/mol. The Bertz CT molecular complexity index is 759. The molecule has 1 amide bonds. The molecule has 0 saturated carbocycles. The van der Waals surface area contributed by atoms with Crippen LogP contribution in [0.2, 0.25) is 0 Å². The largest absolute Gasteiger partial charge is 0.300 e. The monoisotopic (exact) mass is 392 g/mol. The SMILES string of the molecule is C=CCSc1nnc(NC(=O)C2CCN(Cc3ccccc3F)CC2)s1. The lowest BCUT2D eigenvalue weighted by molar-refractivity contribution is -0.121. The highest BCUT2D eigenvalue weighted by atomic mass is 32.2. The molecular weight excluding hydrogens is 371 g/mol. The summed E-state index contributed by atoms with van der Waals surface area (Å²) in [5.74, 6) is 0.545. The first-order valence-electron chi connectivity index (χ1n) is 8.49. The molecule has 26 heavy (non-hydrogen) atoms. The fourth-order valence-electron chi connectivity index (χ4n) is 2.88. The van der Waals surface area contributed by atoms with Crippen molar-refractivity contribution < 1.29 is 9.18 Å². The molecule has 1 aliphatic rings. The summed E-state index contributed by atoms with van der Waals surface area (Å²) >= 11 is 2.92. The van der Waals surface area contributed by atoms with Gasteiger partial charge in [0.1, 0.15) is 5.82 Å². The molecule has 0 aliphatic carbocycles. The Kier molecular flexibility index (Phi) is 6.76. The third-order valence-corrected chi connectivity index (χ3v) is 6.24. The Morgan fingerprint density at radius 2 is 2.15 bits per heavy atom. The minimum absolute atomic E-state index is 0.00744. The molecule has 0 atom stereocenters. The Morgan fingerprint density at radius 1 is 1.38 bits per heavy atom. The van der Waals surface area contributed by atoms with Gasteiger partial charge in [0.2, 0.25) is 11.0 Å². The maximum absolute atomic E-state index is 13.8. The summed E-state index contributed by atoms with van der Waals surface area (Å²) in [6, 6.07) is 6.84. The molecule has 0 radical (unpaired) electrons. The average Bonchev–Trinajstić information content (AvgIpc) is 3.10. The molecule has 3 rings (SSSR count). The molecule has 1 saturated heterocycles. The van der Waals surface area contributed by atoms with Gasteiger partial charge in [0.25, 0.3) is 0 Å². The summed E-state index contributed by atoms with van der Waals surface area (Å²) in [7, 11) is 0. The lowest BCUT2D eigenvalue weighted by atomic mass is 9.95. The van der Waals surface area contributed by atoms with Gasteiger partial charge in [-0.25, -0.2) is 4.39 Å². The van der Waals surface area contributed by atoms with Crippen molar-refractivity contribution in [1.29, 1.82) is 0 Å². The number of hydrogen-bond acceptors (Lipinski definition) is 6. The van der Waals surface area contributed by atoms with E-state index in [1.165, 1.54) is 17.4 Å². The van der Waals surface area contributed by atoms with Crippen molar-refractivity contribution >= 4 is 34.1 Å². The number of nitrogens with one attached hydrogen (secondary N) is 1. The number of likely N-dealkylation sites (tertiary alicyclic amines) is 1. The molecule has 1 N–H and O–H groups in total. The highest BCUT2D eigenvalue weighted by Crippen LogP contribution is 2.27. The first kappa shape index (κ1) is 19.0. The second kappa shape index (κ2) is 9.25. The van der Waals surface area contributed by atoms with E-state index in [0.29, 0.717) is 17.2 Å². The molecule has 1 aliphatic heterocycles. The first-order chi connectivity index (χ1) is 12.7. The molecule has 0 bridgehead atoms. The number of piperidine rings is 1. The lowest BCUT2D eigenvalue weighted by Crippen LogP contribution is -2.37. The standard InChI is InChI=1S/C18H21FN4OS2/c1-2-11-25-18-22-21-17(26-18)20-16(24)13-7-9-23(10-8-13)12-14-5-3-4-6-15(14)19/h2-6,13H,1,7-12H2,(H,20,21,24). The third kappa shape index (κ3) is 5.12. The van der Waals surface area contributed by atoms with Crippen LogP contribution in [-0.2, 0) is 11.3 Å². The fraction of sp³-hybridized carbons (Fsp3) is 0.389. The molecule has 8 heteroatoms. The van der Waals surface area contributed by atoms with Gasteiger partial charge in [-0.1, -0.05) is 47.4 Å². The third-order valence-electron chi connectivity index (χ3n) is 4.27. The quantitative estimate of drug-likeness (QED) is 0.441. The van der Waals surface area contributed by atoms with Crippen LogP contribution in [0.15, 0.2) is 41.3 Å². The molecule has 0 unspecified atom stereocenters. The van der Waals surface area contributed by atoms with Crippen LogP contribution in [0.1, 0.15) is 18.4 Å². The smallest absolute Gasteiger partial charge is 0.229 e. The number of anilines is 1. The number of hydrogen-bond donors (Lipinski definition) is 1. The van der Waals surface area contributed by atoms with E-state index < -0.39 is 0 Å². The number of aromatic nitrogens is 2. The molecule has 1 fully saturated rings. The van der Waals surface area contributed by atoms with Gasteiger partial charge in [-0.3, -0.25) is 9.69 Å². The normalized spacial score (nSPS) is 15.7. The minimum atomic E-state index is -0.172. The molecule has 2 aromatic rings. The number of benzene rings is 1. The second-order valence-electron chi connectivity index (χ2n) is 6.10. The summed E-state index contributed by atoms with van der Waals surface area (Å²) in [5, 5.41) is 11.5. The van der Waals surface area contributed by atoms with Crippen LogP contribution in [0.4, 0.5) is 9.52 Å². The van der Waals surface area contributed by atoms with Gasteiger partial charge in [0, 0.05) is 23.8 Å². The number of rotatable bonds is 7. The van der Waals surface area contributed by atoms with Crippen LogP contribution >= 0.6 is 23.1 Å². The van der Waals surface area contributed by atoms with Crippen LogP contribution in [0, 0.1) is 11.7 Å². The Labute approximate surface area is 160 Å². The van der Waals surface area contributed by atoms with Crippen molar-refractivity contribution in [2.45, 2.75) is 23.7 Å². The van der Waals surface area contributed by atoms with Crippen LogP contribution in [0.5, 0.6) is 0 Å². The Balaban J connectivity index is 1.47. The number of carbonyl (C=O) groups excluding carboxylic acids is 1. The van der Waals surface area contributed by atoms with Crippen molar-refractivity contribution in [3.63, 3.8) is 0 Å². The Hall–Kier alpha value is -1.77. The van der Waals surface area contributed by atoms with E-state index in [2.05, 4.69) is 27.0 Å². The van der Waals surface area contributed by atoms with Crippen LogP contribution < -0.4 is 5.32 Å². The van der Waals surface area contributed by atoms with Gasteiger partial charge in [-0.2, -0.15) is 0 Å². The van der Waals surface area contributed by atoms with Crippen molar-refractivity contribution in [1.82, 2.24) is 15.1 Å². The van der Waals surface area contributed by atoms with E-state index in [4.69, 9.17) is 0 Å². The number of thioether (sulfide) groups is 1. The lowest BCUT2D eigenvalue weighted by Gasteiger charge is -2.31. The van der Waals surface area contributed by atoms with E-state index >= 15 is 0 Å². The van der Waals surface area contributed by atoms with E-state index in [-0.39, 0.29) is 17.6 Å². The summed E-state index contributed by atoms with van der Waals surface area (Å²) in [6.45, 7) is 5.82. The number of halogens is 1. The van der Waals surface area contributed by atoms with Crippen LogP contribution in [0.25, 0.3) is 0 Å². The van der Waals surface area contributed by atoms with E-state index in [0.717, 1.165) is 36.0 Å².